The van der Waals surface area contributed by atoms with Gasteiger partial charge in [-0.2, -0.15) is 0 Å². The molecule has 0 atom stereocenters. The normalized spacial score (nSPS) is 3.80. The smallest absolute Gasteiger partial charge is 0.0708 e. The Bertz CT molecular complexity index is 92.0. The first-order chi connectivity index (χ1) is 2.41. The zero-order chi connectivity index (χ0) is 4.12. The highest BCUT2D eigenvalue weighted by atomic mass is 15.2. The molecule has 0 fully saturated rings. The van der Waals surface area contributed by atoms with E-state index in [9.17, 15) is 0 Å². The van der Waals surface area contributed by atoms with Gasteiger partial charge in [0.05, 0.1) is 0 Å². The molecule has 0 aliphatic rings. The average Bonchev–Trinajstić information content (AvgIpc) is 1.41. The van der Waals surface area contributed by atoms with E-state index >= 15 is 0 Å². The van der Waals surface area contributed by atoms with Gasteiger partial charge in [-0.1, -0.05) is 11.1 Å². The SMILES string of the molecule is [C-]#[N+]N=C=[N-]. The Balaban J connectivity index is 3.46. The first kappa shape index (κ1) is 3.87. The van der Waals surface area contributed by atoms with Crippen LogP contribution in [0.25, 0.3) is 10.4 Å². The van der Waals surface area contributed by atoms with E-state index in [1.54, 1.807) is 0 Å². The molecule has 0 saturated carbocycles. The number of hydrogen-bond donors (Lipinski definition) is 0. The topological polar surface area (TPSA) is 39.0 Å². The first-order valence-electron chi connectivity index (χ1n) is 0.871. The van der Waals surface area contributed by atoms with Crippen molar-refractivity contribution in [3.05, 3.63) is 16.9 Å². The third-order valence-electron chi connectivity index (χ3n) is 0.0947. The van der Waals surface area contributed by atoms with Gasteiger partial charge in [0.25, 0.3) is 0 Å². The van der Waals surface area contributed by atoms with E-state index in [0.717, 1.165) is 0 Å². The van der Waals surface area contributed by atoms with Crippen molar-refractivity contribution < 1.29 is 0 Å². The van der Waals surface area contributed by atoms with Crippen LogP contribution in [0.1, 0.15) is 0 Å². The van der Waals surface area contributed by atoms with Gasteiger partial charge in [0.15, 0.2) is 0 Å². The fourth-order valence-electron chi connectivity index (χ4n) is 0.0224. The van der Waals surface area contributed by atoms with Gasteiger partial charge in [0, 0.05) is 0 Å². The molecule has 0 spiro atoms. The van der Waals surface area contributed by atoms with Gasteiger partial charge < -0.3 is 5.41 Å². The summed E-state index contributed by atoms with van der Waals surface area (Å²) < 4.78 is 0. The minimum absolute atomic E-state index is 1.29. The van der Waals surface area contributed by atoms with Gasteiger partial charge >= 0.3 is 0 Å². The highest BCUT2D eigenvalue weighted by Crippen LogP contribution is 1.53. The van der Waals surface area contributed by atoms with E-state index in [-0.39, 0.29) is 0 Å². The summed E-state index contributed by atoms with van der Waals surface area (Å²) in [6, 6.07) is 1.29. The third-order valence-corrected chi connectivity index (χ3v) is 0.0947. The summed E-state index contributed by atoms with van der Waals surface area (Å²) in [5, 5.41) is 10.0. The molecule has 0 N–H and O–H groups in total. The largest absolute Gasteiger partial charge is 0.417 e. The fourth-order valence-corrected chi connectivity index (χ4v) is 0.0224. The van der Waals surface area contributed by atoms with Gasteiger partial charge in [-0.15, -0.1) is 0 Å². The summed E-state index contributed by atoms with van der Waals surface area (Å²) in [4.78, 5) is 2.37. The van der Waals surface area contributed by atoms with Gasteiger partial charge in [-0.3, -0.25) is 0 Å². The Kier molecular flexibility index (Phi) is 2.22. The van der Waals surface area contributed by atoms with E-state index in [2.05, 4.69) is 10.1 Å². The summed E-state index contributed by atoms with van der Waals surface area (Å²) in [5.74, 6) is 0. The Labute approximate surface area is 29.3 Å². The molecule has 0 rings (SSSR count). The minimum Gasteiger partial charge on any atom is -0.417 e. The van der Waals surface area contributed by atoms with E-state index in [4.69, 9.17) is 12.0 Å². The number of hydrogen-bond acceptors (Lipinski definition) is 1. The van der Waals surface area contributed by atoms with Crippen molar-refractivity contribution in [2.24, 2.45) is 5.10 Å². The van der Waals surface area contributed by atoms with Crippen molar-refractivity contribution in [2.45, 2.75) is 0 Å². The maximum absolute atomic E-state index is 7.44. The van der Waals surface area contributed by atoms with Crippen molar-refractivity contribution in [3.8, 4) is 0 Å². The Morgan fingerprint density at radius 1 is 2.00 bits per heavy atom. The molecule has 0 radical (unpaired) electrons. The Morgan fingerprint density at radius 2 is 2.60 bits per heavy atom. The summed E-state index contributed by atoms with van der Waals surface area (Å²) >= 11 is 0. The second kappa shape index (κ2) is 2.87. The van der Waals surface area contributed by atoms with Crippen molar-refractivity contribution in [2.75, 3.05) is 0 Å². The van der Waals surface area contributed by atoms with Gasteiger partial charge in [0.2, 0.25) is 0 Å². The van der Waals surface area contributed by atoms with Crippen LogP contribution in [0.15, 0.2) is 5.10 Å². The fraction of sp³-hybridized carbons (Fsp3) is 0. The van der Waals surface area contributed by atoms with Crippen LogP contribution in [-0.4, -0.2) is 6.01 Å². The summed E-state index contributed by atoms with van der Waals surface area (Å²) in [6.45, 7) is 5.84. The highest BCUT2D eigenvalue weighted by molar-refractivity contribution is 5.45. The van der Waals surface area contributed by atoms with E-state index in [0.29, 0.717) is 0 Å². The van der Waals surface area contributed by atoms with E-state index in [1.807, 2.05) is 0 Å². The molecule has 0 aromatic heterocycles. The minimum atomic E-state index is 1.29. The van der Waals surface area contributed by atoms with Crippen LogP contribution < -0.4 is 0 Å². The average molecular weight is 66.0 g/mol. The molecule has 3 nitrogen and oxygen atoms in total. The first-order valence-corrected chi connectivity index (χ1v) is 0.871. The summed E-state index contributed by atoms with van der Waals surface area (Å²) in [6.07, 6.45) is 0. The molecule has 0 heterocycles. The van der Waals surface area contributed by atoms with Crippen LogP contribution in [0.3, 0.4) is 0 Å². The van der Waals surface area contributed by atoms with Gasteiger partial charge in [-0.05, 0) is 0 Å². The second-order valence-electron chi connectivity index (χ2n) is 0.300. The standard InChI is InChI=1S/C2N3/c1-4-5-2-3/q-1. The number of rotatable bonds is 0. The molecule has 24 valence electrons. The summed E-state index contributed by atoms with van der Waals surface area (Å²) in [5.41, 5.74) is 0. The molecule has 0 saturated heterocycles. The van der Waals surface area contributed by atoms with E-state index in [1.165, 1.54) is 6.01 Å². The summed E-state index contributed by atoms with van der Waals surface area (Å²) in [7, 11) is 0. The molecule has 0 aliphatic carbocycles. The molecular formula is C2N3-. The van der Waals surface area contributed by atoms with Crippen LogP contribution in [0.4, 0.5) is 0 Å². The molecule has 0 aromatic carbocycles. The molecule has 0 amide bonds. The maximum Gasteiger partial charge on any atom is -0.0708 e. The second-order valence-corrected chi connectivity index (χ2v) is 0.300. The molecule has 0 aliphatic heterocycles. The third kappa shape index (κ3) is 2.87. The quantitative estimate of drug-likeness (QED) is 0.225. The Morgan fingerprint density at radius 3 is 2.60 bits per heavy atom. The lowest BCUT2D eigenvalue weighted by molar-refractivity contribution is 1.62. The van der Waals surface area contributed by atoms with Crippen LogP contribution in [0.2, 0.25) is 0 Å². The Hall–Kier alpha value is -1.13. The van der Waals surface area contributed by atoms with Gasteiger partial charge in [-0.25, -0.2) is 11.5 Å². The van der Waals surface area contributed by atoms with Crippen molar-refractivity contribution in [1.82, 2.24) is 0 Å². The lowest BCUT2D eigenvalue weighted by Gasteiger charge is -1.53. The molecule has 0 bridgehead atoms. The van der Waals surface area contributed by atoms with E-state index < -0.39 is 0 Å². The maximum atomic E-state index is 7.44. The predicted molar refractivity (Wildman–Crippen MR) is 17.4 cm³/mol. The zero-order valence-corrected chi connectivity index (χ0v) is 2.34. The highest BCUT2D eigenvalue weighted by Gasteiger charge is 1.24. The molecule has 0 aromatic rings. The van der Waals surface area contributed by atoms with Crippen LogP contribution in [0.5, 0.6) is 0 Å². The molecule has 3 heteroatoms. The van der Waals surface area contributed by atoms with Crippen LogP contribution >= 0.6 is 0 Å². The monoisotopic (exact) mass is 66.0 g/mol. The van der Waals surface area contributed by atoms with Crippen molar-refractivity contribution in [1.29, 1.82) is 0 Å². The molecule has 0 unspecified atom stereocenters. The van der Waals surface area contributed by atoms with Crippen molar-refractivity contribution >= 4 is 6.01 Å². The van der Waals surface area contributed by atoms with Crippen LogP contribution in [0, 0.1) is 6.57 Å². The predicted octanol–water partition coefficient (Wildman–Crippen LogP) is 0.564. The lowest BCUT2D eigenvalue weighted by Crippen LogP contribution is -1.29. The van der Waals surface area contributed by atoms with Crippen molar-refractivity contribution in [3.63, 3.8) is 0 Å². The van der Waals surface area contributed by atoms with Crippen LogP contribution in [-0.2, 0) is 0 Å². The molecular weight excluding hydrogens is 66.0 g/mol. The lowest BCUT2D eigenvalue weighted by atomic mass is 11.5. The van der Waals surface area contributed by atoms with Gasteiger partial charge in [0.1, 0.15) is 0 Å². The molecule has 5 heavy (non-hydrogen) atoms. The zero-order valence-electron chi connectivity index (χ0n) is 2.34. The number of nitrogens with zero attached hydrogens (tertiary/aromatic N) is 3.